The van der Waals surface area contributed by atoms with E-state index in [9.17, 15) is 15.0 Å². The van der Waals surface area contributed by atoms with Gasteiger partial charge in [0, 0.05) is 6.61 Å². The van der Waals surface area contributed by atoms with Crippen LogP contribution < -0.4 is 0 Å². The summed E-state index contributed by atoms with van der Waals surface area (Å²) in [5.41, 5.74) is -1.92. The van der Waals surface area contributed by atoms with E-state index in [4.69, 9.17) is 5.11 Å². The van der Waals surface area contributed by atoms with Gasteiger partial charge in [0.15, 0.2) is 5.60 Å². The third kappa shape index (κ3) is 3.43. The fraction of sp³-hybridized carbons (Fsp3) is 0.909. The molecule has 0 aliphatic carbocycles. The van der Waals surface area contributed by atoms with Gasteiger partial charge in [0.25, 0.3) is 0 Å². The molecule has 0 saturated carbocycles. The van der Waals surface area contributed by atoms with Crippen LogP contribution >= 0.6 is 0 Å². The van der Waals surface area contributed by atoms with Crippen molar-refractivity contribution in [3.63, 3.8) is 0 Å². The molecule has 0 rings (SSSR count). The summed E-state index contributed by atoms with van der Waals surface area (Å²) in [7, 11) is 1.16. The van der Waals surface area contributed by atoms with E-state index in [-0.39, 0.29) is 25.4 Å². The smallest absolute Gasteiger partial charge is 0.340 e. The normalized spacial score (nSPS) is 18.6. The second kappa shape index (κ2) is 6.83. The maximum absolute atomic E-state index is 11.5. The third-order valence-electron chi connectivity index (χ3n) is 2.93. The summed E-state index contributed by atoms with van der Waals surface area (Å²) in [5.74, 6) is -1.07. The Balaban J connectivity index is 4.83. The summed E-state index contributed by atoms with van der Waals surface area (Å²) in [6, 6.07) is 0. The van der Waals surface area contributed by atoms with Crippen LogP contribution in [0.25, 0.3) is 0 Å². The first-order chi connectivity index (χ1) is 7.43. The molecule has 16 heavy (non-hydrogen) atoms. The van der Waals surface area contributed by atoms with Crippen LogP contribution in [0.5, 0.6) is 0 Å². The highest BCUT2D eigenvalue weighted by Gasteiger charge is 2.45. The van der Waals surface area contributed by atoms with Gasteiger partial charge in [-0.25, -0.2) is 4.79 Å². The molecule has 3 atom stereocenters. The molecule has 0 aromatic heterocycles. The fourth-order valence-electron chi connectivity index (χ4n) is 1.59. The zero-order valence-corrected chi connectivity index (χ0v) is 10.1. The van der Waals surface area contributed by atoms with Crippen LogP contribution in [0, 0.1) is 5.92 Å². The molecule has 5 nitrogen and oxygen atoms in total. The lowest BCUT2D eigenvalue weighted by Gasteiger charge is -2.33. The summed E-state index contributed by atoms with van der Waals surface area (Å²) in [6.07, 6.45) is -0.322. The topological polar surface area (TPSA) is 87.0 Å². The Morgan fingerprint density at radius 1 is 1.50 bits per heavy atom. The number of aliphatic hydroxyl groups excluding tert-OH is 2. The minimum Gasteiger partial charge on any atom is -0.467 e. The van der Waals surface area contributed by atoms with E-state index in [2.05, 4.69) is 4.74 Å². The van der Waals surface area contributed by atoms with E-state index in [0.29, 0.717) is 6.42 Å². The Hall–Kier alpha value is -0.650. The first kappa shape index (κ1) is 15.3. The van der Waals surface area contributed by atoms with Crippen LogP contribution in [0.15, 0.2) is 0 Å². The van der Waals surface area contributed by atoms with Crippen LogP contribution in [0.4, 0.5) is 0 Å². The van der Waals surface area contributed by atoms with Crippen LogP contribution in [0.2, 0.25) is 0 Å². The quantitative estimate of drug-likeness (QED) is 0.543. The first-order valence-electron chi connectivity index (χ1n) is 5.53. The van der Waals surface area contributed by atoms with Crippen LogP contribution in [-0.2, 0) is 9.53 Å². The van der Waals surface area contributed by atoms with E-state index >= 15 is 0 Å². The Kier molecular flexibility index (Phi) is 6.55. The summed E-state index contributed by atoms with van der Waals surface area (Å²) in [5, 5.41) is 28.8. The van der Waals surface area contributed by atoms with Gasteiger partial charge in [-0.3, -0.25) is 0 Å². The highest BCUT2D eigenvalue weighted by Crippen LogP contribution is 2.26. The summed E-state index contributed by atoms with van der Waals surface area (Å²) >= 11 is 0. The number of hydrogen-bond acceptors (Lipinski definition) is 5. The standard InChI is InChI=1S/C11H22O5/c1-4-8(2)9(13)11(15,6-5-7-12)10(14)16-3/h8-9,12-13,15H,4-7H2,1-3H3/t8-,9+,11-/m0/s1. The summed E-state index contributed by atoms with van der Waals surface area (Å²) in [4.78, 5) is 11.5. The number of esters is 1. The van der Waals surface area contributed by atoms with Gasteiger partial charge in [-0.1, -0.05) is 20.3 Å². The van der Waals surface area contributed by atoms with E-state index < -0.39 is 17.7 Å². The van der Waals surface area contributed by atoms with Crippen molar-refractivity contribution in [2.45, 2.75) is 44.8 Å². The SMILES string of the molecule is CC[C@H](C)[C@@H](O)[C@@](O)(CCCO)C(=O)OC. The molecule has 96 valence electrons. The molecule has 3 N–H and O–H groups in total. The number of hydrogen-bond donors (Lipinski definition) is 3. The highest BCUT2D eigenvalue weighted by atomic mass is 16.5. The minimum atomic E-state index is -1.92. The molecule has 0 spiro atoms. The summed E-state index contributed by atoms with van der Waals surface area (Å²) < 4.78 is 4.50. The number of carbonyl (C=O) groups excluding carboxylic acids is 1. The van der Waals surface area contributed by atoms with Crippen molar-refractivity contribution >= 4 is 5.97 Å². The fourth-order valence-corrected chi connectivity index (χ4v) is 1.59. The maximum atomic E-state index is 11.5. The van der Waals surface area contributed by atoms with Crippen molar-refractivity contribution in [2.24, 2.45) is 5.92 Å². The monoisotopic (exact) mass is 234 g/mol. The molecular formula is C11H22O5. The second-order valence-corrected chi connectivity index (χ2v) is 4.07. The number of ether oxygens (including phenoxy) is 1. The zero-order chi connectivity index (χ0) is 12.8. The van der Waals surface area contributed by atoms with Crippen molar-refractivity contribution in [1.82, 2.24) is 0 Å². The van der Waals surface area contributed by atoms with Gasteiger partial charge in [0.1, 0.15) is 0 Å². The van der Waals surface area contributed by atoms with E-state index in [1.165, 1.54) is 0 Å². The number of carbonyl (C=O) groups is 1. The number of rotatable bonds is 7. The lowest BCUT2D eigenvalue weighted by atomic mass is 9.83. The molecule has 0 bridgehead atoms. The molecule has 0 fully saturated rings. The molecular weight excluding hydrogens is 212 g/mol. The van der Waals surface area contributed by atoms with Crippen LogP contribution in [-0.4, -0.2) is 46.7 Å². The van der Waals surface area contributed by atoms with Gasteiger partial charge in [0.05, 0.1) is 13.2 Å². The average molecular weight is 234 g/mol. The van der Waals surface area contributed by atoms with Gasteiger partial charge in [-0.05, 0) is 18.8 Å². The maximum Gasteiger partial charge on any atom is 0.340 e. The molecule has 0 aliphatic rings. The highest BCUT2D eigenvalue weighted by molar-refractivity contribution is 5.80. The average Bonchev–Trinajstić information content (AvgIpc) is 2.32. The number of aliphatic hydroxyl groups is 3. The minimum absolute atomic E-state index is 0.0122. The van der Waals surface area contributed by atoms with Crippen LogP contribution in [0.3, 0.4) is 0 Å². The molecule has 0 aliphatic heterocycles. The molecule has 0 radical (unpaired) electrons. The molecule has 0 aromatic rings. The lowest BCUT2D eigenvalue weighted by molar-refractivity contribution is -0.181. The molecule has 0 heterocycles. The van der Waals surface area contributed by atoms with Crippen molar-refractivity contribution in [1.29, 1.82) is 0 Å². The molecule has 5 heteroatoms. The second-order valence-electron chi connectivity index (χ2n) is 4.07. The molecule has 0 saturated heterocycles. The summed E-state index contributed by atoms with van der Waals surface area (Å²) in [6.45, 7) is 3.46. The van der Waals surface area contributed by atoms with E-state index in [0.717, 1.165) is 7.11 Å². The van der Waals surface area contributed by atoms with Gasteiger partial charge < -0.3 is 20.1 Å². The van der Waals surface area contributed by atoms with Crippen molar-refractivity contribution in [2.75, 3.05) is 13.7 Å². The van der Waals surface area contributed by atoms with Gasteiger partial charge >= 0.3 is 5.97 Å². The largest absolute Gasteiger partial charge is 0.467 e. The van der Waals surface area contributed by atoms with Gasteiger partial charge in [-0.15, -0.1) is 0 Å². The Morgan fingerprint density at radius 2 is 2.06 bits per heavy atom. The Labute approximate surface area is 96.0 Å². The molecule has 0 unspecified atom stereocenters. The predicted octanol–water partition coefficient (Wildman–Crippen LogP) is 0.0700. The van der Waals surface area contributed by atoms with E-state index in [1.54, 1.807) is 6.92 Å². The lowest BCUT2D eigenvalue weighted by Crippen LogP contribution is -2.53. The Bertz CT molecular complexity index is 218. The van der Waals surface area contributed by atoms with Gasteiger partial charge in [0.2, 0.25) is 0 Å². The van der Waals surface area contributed by atoms with Crippen molar-refractivity contribution in [3.05, 3.63) is 0 Å². The van der Waals surface area contributed by atoms with Crippen molar-refractivity contribution < 1.29 is 24.9 Å². The van der Waals surface area contributed by atoms with Crippen molar-refractivity contribution in [3.8, 4) is 0 Å². The third-order valence-corrected chi connectivity index (χ3v) is 2.93. The van der Waals surface area contributed by atoms with E-state index in [1.807, 2.05) is 6.92 Å². The molecule has 0 amide bonds. The molecule has 0 aromatic carbocycles. The predicted molar refractivity (Wildman–Crippen MR) is 58.7 cm³/mol. The number of methoxy groups -OCH3 is 1. The Morgan fingerprint density at radius 3 is 2.44 bits per heavy atom. The van der Waals surface area contributed by atoms with Gasteiger partial charge in [-0.2, -0.15) is 0 Å². The first-order valence-corrected chi connectivity index (χ1v) is 5.53. The van der Waals surface area contributed by atoms with Crippen LogP contribution in [0.1, 0.15) is 33.1 Å². The zero-order valence-electron chi connectivity index (χ0n) is 10.1.